The lowest BCUT2D eigenvalue weighted by atomic mass is 10.0. The summed E-state index contributed by atoms with van der Waals surface area (Å²) in [5.74, 6) is 0.0785. The number of hydrogen-bond acceptors (Lipinski definition) is 4. The lowest BCUT2D eigenvalue weighted by molar-refractivity contribution is -0.114. The Morgan fingerprint density at radius 1 is 1.04 bits per heavy atom. The first kappa shape index (κ1) is 21.9. The fraction of sp³-hybridized carbons (Fsp3) is 0.278. The Labute approximate surface area is 149 Å². The average Bonchev–Trinajstić information content (AvgIpc) is 2.56. The van der Waals surface area contributed by atoms with Crippen LogP contribution < -0.4 is 10.6 Å². The normalized spacial score (nSPS) is 12.0. The number of nitrogens with one attached hydrogen (secondary N) is 2. The SMILES string of the molecule is CC(=O)Nc1ccc(O)cc1.CN[C@@H](C)[C@@H](O)c1ccccc1.Cl. The Morgan fingerprint density at radius 3 is 2.04 bits per heavy atom. The van der Waals surface area contributed by atoms with Crippen molar-refractivity contribution in [1.29, 1.82) is 0 Å². The van der Waals surface area contributed by atoms with Gasteiger partial charge < -0.3 is 20.8 Å². The molecule has 0 aliphatic rings. The zero-order valence-electron chi connectivity index (χ0n) is 14.1. The fourth-order valence-electron chi connectivity index (χ4n) is 1.84. The zero-order chi connectivity index (χ0) is 17.2. The smallest absolute Gasteiger partial charge is 0.221 e. The molecule has 0 aromatic heterocycles. The number of benzene rings is 2. The van der Waals surface area contributed by atoms with Gasteiger partial charge in [0.15, 0.2) is 0 Å². The molecule has 2 aromatic carbocycles. The van der Waals surface area contributed by atoms with Crippen molar-refractivity contribution in [1.82, 2.24) is 5.32 Å². The van der Waals surface area contributed by atoms with E-state index >= 15 is 0 Å². The van der Waals surface area contributed by atoms with Gasteiger partial charge in [-0.1, -0.05) is 30.3 Å². The number of aliphatic hydroxyl groups is 1. The first-order valence-electron chi connectivity index (χ1n) is 7.41. The first-order chi connectivity index (χ1) is 10.9. The Kier molecular flexibility index (Phi) is 10.5. The average molecular weight is 353 g/mol. The van der Waals surface area contributed by atoms with Gasteiger partial charge in [0.25, 0.3) is 0 Å². The van der Waals surface area contributed by atoms with E-state index in [-0.39, 0.29) is 30.1 Å². The van der Waals surface area contributed by atoms with Crippen LogP contribution in [0.15, 0.2) is 54.6 Å². The summed E-state index contributed by atoms with van der Waals surface area (Å²) in [6.07, 6.45) is -0.420. The van der Waals surface area contributed by atoms with Crippen LogP contribution in [-0.4, -0.2) is 29.2 Å². The number of likely N-dealkylation sites (N-methyl/N-ethyl adjacent to an activating group) is 1. The van der Waals surface area contributed by atoms with Gasteiger partial charge in [0.2, 0.25) is 5.91 Å². The molecule has 0 saturated carbocycles. The van der Waals surface area contributed by atoms with E-state index in [1.807, 2.05) is 44.3 Å². The quantitative estimate of drug-likeness (QED) is 0.637. The van der Waals surface area contributed by atoms with Gasteiger partial charge in [-0.15, -0.1) is 12.4 Å². The predicted octanol–water partition coefficient (Wildman–Crippen LogP) is 3.10. The third-order valence-corrected chi connectivity index (χ3v) is 3.26. The lowest BCUT2D eigenvalue weighted by Gasteiger charge is -2.17. The van der Waals surface area contributed by atoms with Crippen LogP contribution in [0.1, 0.15) is 25.5 Å². The maximum absolute atomic E-state index is 10.5. The second kappa shape index (κ2) is 11.5. The van der Waals surface area contributed by atoms with Crippen molar-refractivity contribution in [3.8, 4) is 5.75 Å². The van der Waals surface area contributed by atoms with Crippen molar-refractivity contribution >= 4 is 24.0 Å². The van der Waals surface area contributed by atoms with Crippen molar-refractivity contribution in [3.05, 3.63) is 60.2 Å². The number of aliphatic hydroxyl groups excluding tert-OH is 1. The summed E-state index contributed by atoms with van der Waals surface area (Å²) in [7, 11) is 1.84. The summed E-state index contributed by atoms with van der Waals surface area (Å²) >= 11 is 0. The highest BCUT2D eigenvalue weighted by Crippen LogP contribution is 2.15. The van der Waals surface area contributed by atoms with Gasteiger partial charge in [-0.2, -0.15) is 0 Å². The zero-order valence-corrected chi connectivity index (χ0v) is 14.9. The van der Waals surface area contributed by atoms with Crippen molar-refractivity contribution in [2.24, 2.45) is 0 Å². The molecule has 0 saturated heterocycles. The second-order valence-corrected chi connectivity index (χ2v) is 5.16. The predicted molar refractivity (Wildman–Crippen MR) is 99.6 cm³/mol. The molecule has 0 heterocycles. The number of carbonyl (C=O) groups excluding carboxylic acids is 1. The molecule has 0 unspecified atom stereocenters. The standard InChI is InChI=1S/C10H15NO.C8H9NO2.ClH/c1-8(11-2)10(12)9-6-4-3-5-7-9;1-6(10)9-7-2-4-8(11)5-3-7;/h3-8,10-12H,1-2H3;2-5,11H,1H3,(H,9,10);1H/t8-,10+;;/m0../s1. The fourth-order valence-corrected chi connectivity index (χ4v) is 1.84. The van der Waals surface area contributed by atoms with Gasteiger partial charge >= 0.3 is 0 Å². The monoisotopic (exact) mass is 352 g/mol. The van der Waals surface area contributed by atoms with Gasteiger partial charge in [0.1, 0.15) is 5.75 Å². The van der Waals surface area contributed by atoms with Crippen LogP contribution in [0.25, 0.3) is 0 Å². The van der Waals surface area contributed by atoms with Crippen LogP contribution in [-0.2, 0) is 4.79 Å². The van der Waals surface area contributed by atoms with Crippen LogP contribution >= 0.6 is 12.4 Å². The van der Waals surface area contributed by atoms with E-state index < -0.39 is 6.10 Å². The molecule has 0 spiro atoms. The molecule has 2 aromatic rings. The van der Waals surface area contributed by atoms with Gasteiger partial charge in [0.05, 0.1) is 6.10 Å². The minimum Gasteiger partial charge on any atom is -0.508 e. The first-order valence-corrected chi connectivity index (χ1v) is 7.41. The molecule has 1 amide bonds. The number of rotatable bonds is 4. The van der Waals surface area contributed by atoms with E-state index in [1.165, 1.54) is 19.1 Å². The Hall–Kier alpha value is -2.08. The topological polar surface area (TPSA) is 81.6 Å². The van der Waals surface area contributed by atoms with Crippen LogP contribution in [0.5, 0.6) is 5.75 Å². The molecule has 132 valence electrons. The van der Waals surface area contributed by atoms with Crippen LogP contribution in [0, 0.1) is 0 Å². The van der Waals surface area contributed by atoms with Crippen LogP contribution in [0.2, 0.25) is 0 Å². The highest BCUT2D eigenvalue weighted by Gasteiger charge is 2.12. The molecule has 0 radical (unpaired) electrons. The molecule has 0 aliphatic heterocycles. The van der Waals surface area contributed by atoms with E-state index in [1.54, 1.807) is 12.1 Å². The molecule has 4 N–H and O–H groups in total. The van der Waals surface area contributed by atoms with Crippen molar-refractivity contribution in [2.75, 3.05) is 12.4 Å². The summed E-state index contributed by atoms with van der Waals surface area (Å²) in [5, 5.41) is 24.2. The number of amides is 1. The van der Waals surface area contributed by atoms with Crippen LogP contribution in [0.4, 0.5) is 5.69 Å². The third kappa shape index (κ3) is 7.97. The molecule has 0 fully saturated rings. The number of phenolic OH excluding ortho intramolecular Hbond substituents is 1. The molecule has 0 bridgehead atoms. The minimum absolute atomic E-state index is 0. The Morgan fingerprint density at radius 2 is 1.58 bits per heavy atom. The number of phenols is 1. The third-order valence-electron chi connectivity index (χ3n) is 3.26. The number of carbonyl (C=O) groups is 1. The molecule has 2 atom stereocenters. The molecular formula is C18H25ClN2O3. The van der Waals surface area contributed by atoms with Crippen molar-refractivity contribution in [2.45, 2.75) is 26.0 Å². The summed E-state index contributed by atoms with van der Waals surface area (Å²) in [6.45, 7) is 3.39. The molecule has 0 aliphatic carbocycles. The molecule has 5 nitrogen and oxygen atoms in total. The number of hydrogen-bond donors (Lipinski definition) is 4. The van der Waals surface area contributed by atoms with E-state index in [2.05, 4.69) is 10.6 Å². The summed E-state index contributed by atoms with van der Waals surface area (Å²) < 4.78 is 0. The van der Waals surface area contributed by atoms with Gasteiger partial charge in [-0.25, -0.2) is 0 Å². The minimum atomic E-state index is -0.420. The van der Waals surface area contributed by atoms with E-state index in [0.29, 0.717) is 5.69 Å². The second-order valence-electron chi connectivity index (χ2n) is 5.16. The highest BCUT2D eigenvalue weighted by molar-refractivity contribution is 5.88. The van der Waals surface area contributed by atoms with E-state index in [4.69, 9.17) is 5.11 Å². The van der Waals surface area contributed by atoms with E-state index in [0.717, 1.165) is 5.56 Å². The van der Waals surface area contributed by atoms with Crippen molar-refractivity contribution in [3.63, 3.8) is 0 Å². The molecule has 6 heteroatoms. The van der Waals surface area contributed by atoms with Crippen LogP contribution in [0.3, 0.4) is 0 Å². The summed E-state index contributed by atoms with van der Waals surface area (Å²) in [5.41, 5.74) is 1.65. The molecule has 2 rings (SSSR count). The highest BCUT2D eigenvalue weighted by atomic mass is 35.5. The Balaban J connectivity index is 0.000000425. The number of aromatic hydroxyl groups is 1. The largest absolute Gasteiger partial charge is 0.508 e. The molecule has 24 heavy (non-hydrogen) atoms. The lowest BCUT2D eigenvalue weighted by Crippen LogP contribution is -2.28. The summed E-state index contributed by atoms with van der Waals surface area (Å²) in [6, 6.07) is 16.1. The number of halogens is 1. The van der Waals surface area contributed by atoms with Gasteiger partial charge in [-0.3, -0.25) is 4.79 Å². The maximum atomic E-state index is 10.5. The molecular weight excluding hydrogens is 328 g/mol. The van der Waals surface area contributed by atoms with Gasteiger partial charge in [0, 0.05) is 18.7 Å². The van der Waals surface area contributed by atoms with E-state index in [9.17, 15) is 9.90 Å². The maximum Gasteiger partial charge on any atom is 0.221 e. The van der Waals surface area contributed by atoms with Gasteiger partial charge in [-0.05, 0) is 43.8 Å². The summed E-state index contributed by atoms with van der Waals surface area (Å²) in [4.78, 5) is 10.5. The van der Waals surface area contributed by atoms with Crippen molar-refractivity contribution < 1.29 is 15.0 Å². The Bertz CT molecular complexity index is 591. The number of anilines is 1.